The van der Waals surface area contributed by atoms with Gasteiger partial charge in [-0.15, -0.1) is 0 Å². The summed E-state index contributed by atoms with van der Waals surface area (Å²) in [5.74, 6) is 0.0331. The van der Waals surface area contributed by atoms with Crippen LogP contribution in [0.4, 0.5) is 0 Å². The van der Waals surface area contributed by atoms with Crippen molar-refractivity contribution in [1.82, 2.24) is 10.6 Å². The van der Waals surface area contributed by atoms with Gasteiger partial charge in [0.05, 0.1) is 25.9 Å². The molecule has 0 saturated carbocycles. The third-order valence-electron chi connectivity index (χ3n) is 2.91. The van der Waals surface area contributed by atoms with Crippen molar-refractivity contribution >= 4 is 5.91 Å². The molecule has 2 heterocycles. The first kappa shape index (κ1) is 9.89. The summed E-state index contributed by atoms with van der Waals surface area (Å²) in [6.45, 7) is 2.37. The quantitative estimate of drug-likeness (QED) is 0.606. The fraction of sp³-hybridized carbons (Fsp3) is 0.889. The van der Waals surface area contributed by atoms with Crippen LogP contribution in [0.5, 0.6) is 0 Å². The first-order valence-electron chi connectivity index (χ1n) is 4.92. The Hall–Kier alpha value is -0.650. The van der Waals surface area contributed by atoms with Crippen LogP contribution in [0.2, 0.25) is 0 Å². The highest BCUT2D eigenvalue weighted by Crippen LogP contribution is 2.18. The van der Waals surface area contributed by atoms with Gasteiger partial charge in [-0.3, -0.25) is 4.79 Å². The zero-order valence-corrected chi connectivity index (χ0v) is 8.34. The van der Waals surface area contributed by atoms with Gasteiger partial charge in [0.1, 0.15) is 5.54 Å². The summed E-state index contributed by atoms with van der Waals surface area (Å²) < 4.78 is 10.2. The van der Waals surface area contributed by atoms with Crippen LogP contribution in [-0.4, -0.2) is 51.0 Å². The molecule has 0 spiro atoms. The van der Waals surface area contributed by atoms with E-state index in [2.05, 4.69) is 10.6 Å². The molecular formula is C9H16N2O3. The maximum absolute atomic E-state index is 11.9. The van der Waals surface area contributed by atoms with Crippen molar-refractivity contribution in [2.45, 2.75) is 18.0 Å². The van der Waals surface area contributed by atoms with E-state index in [1.54, 1.807) is 7.05 Å². The normalized spacial score (nSPS) is 32.6. The number of carbonyl (C=O) groups is 1. The standard InChI is InChI=1S/C9H16N2O3/c1-10-9(2-3-13-6-9)8(12)11-7-4-14-5-7/h7,10H,2-6H2,1H3,(H,11,12). The van der Waals surface area contributed by atoms with Crippen molar-refractivity contribution in [2.75, 3.05) is 33.5 Å². The SMILES string of the molecule is CNC1(C(=O)NC2COC2)CCOC1. The van der Waals surface area contributed by atoms with Crippen LogP contribution in [0.15, 0.2) is 0 Å². The Morgan fingerprint density at radius 3 is 2.64 bits per heavy atom. The first-order valence-corrected chi connectivity index (χ1v) is 4.92. The Morgan fingerprint density at radius 1 is 1.43 bits per heavy atom. The second kappa shape index (κ2) is 3.84. The van der Waals surface area contributed by atoms with Crippen molar-refractivity contribution in [1.29, 1.82) is 0 Å². The summed E-state index contributed by atoms with van der Waals surface area (Å²) in [5.41, 5.74) is -0.518. The van der Waals surface area contributed by atoms with E-state index in [1.807, 2.05) is 0 Å². The average Bonchev–Trinajstić information content (AvgIpc) is 2.60. The van der Waals surface area contributed by atoms with Crippen LogP contribution in [0, 0.1) is 0 Å². The Kier molecular flexibility index (Phi) is 2.71. The number of carbonyl (C=O) groups excluding carboxylic acids is 1. The van der Waals surface area contributed by atoms with Crippen molar-refractivity contribution in [3.8, 4) is 0 Å². The molecule has 2 rings (SSSR count). The predicted molar refractivity (Wildman–Crippen MR) is 50.0 cm³/mol. The molecule has 0 aliphatic carbocycles. The third kappa shape index (κ3) is 1.63. The van der Waals surface area contributed by atoms with Crippen LogP contribution >= 0.6 is 0 Å². The zero-order valence-electron chi connectivity index (χ0n) is 8.34. The van der Waals surface area contributed by atoms with Crippen LogP contribution in [0.3, 0.4) is 0 Å². The minimum Gasteiger partial charge on any atom is -0.379 e. The average molecular weight is 200 g/mol. The Labute approximate surface area is 83.1 Å². The minimum atomic E-state index is -0.518. The fourth-order valence-corrected chi connectivity index (χ4v) is 1.70. The lowest BCUT2D eigenvalue weighted by molar-refractivity contribution is -0.131. The lowest BCUT2D eigenvalue weighted by atomic mass is 9.97. The molecule has 1 amide bonds. The summed E-state index contributed by atoms with van der Waals surface area (Å²) in [4.78, 5) is 11.9. The van der Waals surface area contributed by atoms with E-state index in [9.17, 15) is 4.79 Å². The Morgan fingerprint density at radius 2 is 2.21 bits per heavy atom. The van der Waals surface area contributed by atoms with Gasteiger partial charge in [-0.1, -0.05) is 0 Å². The number of amides is 1. The molecule has 0 radical (unpaired) electrons. The second-order valence-electron chi connectivity index (χ2n) is 3.84. The minimum absolute atomic E-state index is 0.0331. The molecule has 14 heavy (non-hydrogen) atoms. The van der Waals surface area contributed by atoms with Crippen LogP contribution in [0.1, 0.15) is 6.42 Å². The summed E-state index contributed by atoms with van der Waals surface area (Å²) in [6, 6.07) is 0.188. The molecule has 2 aliphatic rings. The second-order valence-corrected chi connectivity index (χ2v) is 3.84. The number of rotatable bonds is 3. The summed E-state index contributed by atoms with van der Waals surface area (Å²) in [5, 5.41) is 6.00. The van der Waals surface area contributed by atoms with Crippen molar-refractivity contribution < 1.29 is 14.3 Å². The van der Waals surface area contributed by atoms with Crippen molar-refractivity contribution in [2.24, 2.45) is 0 Å². The summed E-state index contributed by atoms with van der Waals surface area (Å²) in [7, 11) is 1.80. The van der Waals surface area contributed by atoms with E-state index in [0.29, 0.717) is 26.4 Å². The molecule has 5 nitrogen and oxygen atoms in total. The van der Waals surface area contributed by atoms with Gasteiger partial charge >= 0.3 is 0 Å². The molecule has 0 aromatic carbocycles. The van der Waals surface area contributed by atoms with Gasteiger partial charge < -0.3 is 20.1 Å². The highest BCUT2D eigenvalue weighted by Gasteiger charge is 2.42. The van der Waals surface area contributed by atoms with E-state index in [-0.39, 0.29) is 11.9 Å². The molecule has 80 valence electrons. The molecule has 2 saturated heterocycles. The fourth-order valence-electron chi connectivity index (χ4n) is 1.70. The third-order valence-corrected chi connectivity index (χ3v) is 2.91. The molecule has 1 unspecified atom stereocenters. The smallest absolute Gasteiger partial charge is 0.243 e. The van der Waals surface area contributed by atoms with Crippen LogP contribution in [-0.2, 0) is 14.3 Å². The monoisotopic (exact) mass is 200 g/mol. The molecule has 2 N–H and O–H groups in total. The number of ether oxygens (including phenoxy) is 2. The van der Waals surface area contributed by atoms with E-state index < -0.39 is 5.54 Å². The van der Waals surface area contributed by atoms with Crippen molar-refractivity contribution in [3.05, 3.63) is 0 Å². The number of nitrogens with one attached hydrogen (secondary N) is 2. The van der Waals surface area contributed by atoms with E-state index in [4.69, 9.17) is 9.47 Å². The van der Waals surface area contributed by atoms with Crippen LogP contribution < -0.4 is 10.6 Å². The Bertz CT molecular complexity index is 222. The van der Waals surface area contributed by atoms with Gasteiger partial charge in [0.15, 0.2) is 0 Å². The zero-order chi connectivity index (χ0) is 10.0. The maximum Gasteiger partial charge on any atom is 0.243 e. The van der Waals surface area contributed by atoms with E-state index >= 15 is 0 Å². The largest absolute Gasteiger partial charge is 0.379 e. The maximum atomic E-state index is 11.9. The van der Waals surface area contributed by atoms with Gasteiger partial charge in [0, 0.05) is 13.0 Å². The number of hydrogen-bond donors (Lipinski definition) is 2. The number of likely N-dealkylation sites (N-methyl/N-ethyl adjacent to an activating group) is 1. The molecule has 0 bridgehead atoms. The highest BCUT2D eigenvalue weighted by atomic mass is 16.5. The molecule has 2 fully saturated rings. The molecule has 0 aromatic heterocycles. The molecule has 2 aliphatic heterocycles. The van der Waals surface area contributed by atoms with Crippen LogP contribution in [0.25, 0.3) is 0 Å². The predicted octanol–water partition coefficient (Wildman–Crippen LogP) is -1.12. The van der Waals surface area contributed by atoms with Gasteiger partial charge in [0.2, 0.25) is 5.91 Å². The lowest BCUT2D eigenvalue weighted by Gasteiger charge is -2.32. The Balaban J connectivity index is 1.92. The highest BCUT2D eigenvalue weighted by molar-refractivity contribution is 5.87. The van der Waals surface area contributed by atoms with Crippen molar-refractivity contribution in [3.63, 3.8) is 0 Å². The lowest BCUT2D eigenvalue weighted by Crippen LogP contribution is -2.61. The summed E-state index contributed by atoms with van der Waals surface area (Å²) in [6.07, 6.45) is 0.739. The van der Waals surface area contributed by atoms with E-state index in [1.165, 1.54) is 0 Å². The van der Waals surface area contributed by atoms with Gasteiger partial charge in [-0.2, -0.15) is 0 Å². The van der Waals surface area contributed by atoms with E-state index in [0.717, 1.165) is 6.42 Å². The molecule has 1 atom stereocenters. The van der Waals surface area contributed by atoms with Gasteiger partial charge in [-0.05, 0) is 7.05 Å². The summed E-state index contributed by atoms with van der Waals surface area (Å²) >= 11 is 0. The topological polar surface area (TPSA) is 59.6 Å². The van der Waals surface area contributed by atoms with Gasteiger partial charge in [-0.25, -0.2) is 0 Å². The molecular weight excluding hydrogens is 184 g/mol. The first-order chi connectivity index (χ1) is 6.77. The molecule has 5 heteroatoms. The van der Waals surface area contributed by atoms with Gasteiger partial charge in [0.25, 0.3) is 0 Å². The molecule has 0 aromatic rings. The number of hydrogen-bond acceptors (Lipinski definition) is 4.